The fourth-order valence-electron chi connectivity index (χ4n) is 2.30. The number of aliphatic carboxylic acids is 1. The number of ether oxygens (including phenoxy) is 1. The van der Waals surface area contributed by atoms with Crippen molar-refractivity contribution in [3.05, 3.63) is 29.8 Å². The molecule has 0 radical (unpaired) electrons. The minimum Gasteiger partial charge on any atom is -0.508 e. The van der Waals surface area contributed by atoms with E-state index >= 15 is 0 Å². The highest BCUT2D eigenvalue weighted by atomic mass is 16.5. The lowest BCUT2D eigenvalue weighted by atomic mass is 10.00. The van der Waals surface area contributed by atoms with Crippen LogP contribution in [-0.4, -0.2) is 41.3 Å². The van der Waals surface area contributed by atoms with Crippen LogP contribution in [0.5, 0.6) is 5.75 Å². The summed E-state index contributed by atoms with van der Waals surface area (Å²) in [5.41, 5.74) is 0.736. The number of benzene rings is 1. The molecule has 2 atom stereocenters. The number of phenols is 1. The van der Waals surface area contributed by atoms with E-state index in [0.29, 0.717) is 13.2 Å². The predicted molar refractivity (Wildman–Crippen MR) is 74.9 cm³/mol. The fourth-order valence-corrected chi connectivity index (χ4v) is 2.30. The molecular formula is C15H19NO5. The van der Waals surface area contributed by atoms with Gasteiger partial charge in [-0.05, 0) is 30.5 Å². The van der Waals surface area contributed by atoms with Crippen LogP contribution in [0.3, 0.4) is 0 Å². The van der Waals surface area contributed by atoms with Crippen molar-refractivity contribution in [1.29, 1.82) is 0 Å². The van der Waals surface area contributed by atoms with Gasteiger partial charge < -0.3 is 20.3 Å². The van der Waals surface area contributed by atoms with Crippen LogP contribution in [0.2, 0.25) is 0 Å². The van der Waals surface area contributed by atoms with Gasteiger partial charge in [0.05, 0.1) is 12.5 Å². The molecule has 3 N–H and O–H groups in total. The summed E-state index contributed by atoms with van der Waals surface area (Å²) in [5, 5.41) is 21.0. The zero-order valence-corrected chi connectivity index (χ0v) is 11.6. The molecule has 1 heterocycles. The third kappa shape index (κ3) is 4.46. The van der Waals surface area contributed by atoms with Crippen molar-refractivity contribution in [3.63, 3.8) is 0 Å². The molecule has 1 aliphatic heterocycles. The number of carbonyl (C=O) groups excluding carboxylic acids is 1. The van der Waals surface area contributed by atoms with E-state index in [1.807, 2.05) is 0 Å². The number of carboxylic acid groups (broad SMARTS) is 1. The normalized spacial score (nSPS) is 19.7. The van der Waals surface area contributed by atoms with Crippen LogP contribution in [-0.2, 0) is 20.7 Å². The predicted octanol–water partition coefficient (Wildman–Crippen LogP) is 0.931. The lowest BCUT2D eigenvalue weighted by Crippen LogP contribution is -2.46. The third-order valence-electron chi connectivity index (χ3n) is 3.52. The van der Waals surface area contributed by atoms with Crippen LogP contribution < -0.4 is 5.32 Å². The average molecular weight is 293 g/mol. The molecule has 1 saturated heterocycles. The van der Waals surface area contributed by atoms with Crippen molar-refractivity contribution in [2.75, 3.05) is 13.2 Å². The summed E-state index contributed by atoms with van der Waals surface area (Å²) < 4.78 is 5.24. The number of amides is 1. The first-order valence-electron chi connectivity index (χ1n) is 6.95. The van der Waals surface area contributed by atoms with E-state index in [1.54, 1.807) is 12.1 Å². The fraction of sp³-hybridized carbons (Fsp3) is 0.467. The molecule has 2 rings (SSSR count). The molecule has 0 saturated carbocycles. The van der Waals surface area contributed by atoms with Crippen molar-refractivity contribution >= 4 is 11.9 Å². The second kappa shape index (κ2) is 7.08. The summed E-state index contributed by atoms with van der Waals surface area (Å²) in [7, 11) is 0. The molecule has 1 unspecified atom stereocenters. The third-order valence-corrected chi connectivity index (χ3v) is 3.52. The summed E-state index contributed by atoms with van der Waals surface area (Å²) in [4.78, 5) is 23.4. The zero-order valence-electron chi connectivity index (χ0n) is 11.6. The van der Waals surface area contributed by atoms with Crippen LogP contribution in [0.4, 0.5) is 0 Å². The highest BCUT2D eigenvalue weighted by Crippen LogP contribution is 2.15. The molecule has 21 heavy (non-hydrogen) atoms. The number of aromatic hydroxyl groups is 1. The summed E-state index contributed by atoms with van der Waals surface area (Å²) in [6, 6.07) is 5.28. The monoisotopic (exact) mass is 293 g/mol. The number of phenolic OH excluding ortho intramolecular Hbond substituents is 1. The second-order valence-electron chi connectivity index (χ2n) is 5.18. The quantitative estimate of drug-likeness (QED) is 0.750. The first-order valence-corrected chi connectivity index (χ1v) is 6.95. The van der Waals surface area contributed by atoms with Gasteiger partial charge in [-0.15, -0.1) is 0 Å². The Balaban J connectivity index is 1.96. The highest BCUT2D eigenvalue weighted by molar-refractivity contribution is 5.85. The molecule has 0 bridgehead atoms. The maximum absolute atomic E-state index is 12.1. The number of carbonyl (C=O) groups is 2. The Bertz CT molecular complexity index is 493. The smallest absolute Gasteiger partial charge is 0.326 e. The van der Waals surface area contributed by atoms with Crippen LogP contribution >= 0.6 is 0 Å². The van der Waals surface area contributed by atoms with Crippen LogP contribution in [0, 0.1) is 5.92 Å². The average Bonchev–Trinajstić information content (AvgIpc) is 2.49. The topological polar surface area (TPSA) is 95.9 Å². The van der Waals surface area contributed by atoms with Gasteiger partial charge in [0.25, 0.3) is 0 Å². The summed E-state index contributed by atoms with van der Waals surface area (Å²) in [5.74, 6) is -1.51. The van der Waals surface area contributed by atoms with E-state index in [1.165, 1.54) is 12.1 Å². The van der Waals surface area contributed by atoms with Gasteiger partial charge in [-0.2, -0.15) is 0 Å². The molecule has 1 amide bonds. The Morgan fingerprint density at radius 1 is 1.33 bits per heavy atom. The molecular weight excluding hydrogens is 274 g/mol. The molecule has 1 fully saturated rings. The van der Waals surface area contributed by atoms with Gasteiger partial charge in [-0.1, -0.05) is 12.1 Å². The lowest BCUT2D eigenvalue weighted by molar-refractivity contribution is -0.143. The summed E-state index contributed by atoms with van der Waals surface area (Å²) in [6.45, 7) is 0.997. The molecule has 1 aromatic rings. The molecule has 114 valence electrons. The Morgan fingerprint density at radius 2 is 2.05 bits per heavy atom. The molecule has 6 nitrogen and oxygen atoms in total. The van der Waals surface area contributed by atoms with Crippen LogP contribution in [0.25, 0.3) is 0 Å². The lowest BCUT2D eigenvalue weighted by Gasteiger charge is -2.23. The van der Waals surface area contributed by atoms with E-state index in [9.17, 15) is 19.8 Å². The zero-order chi connectivity index (χ0) is 15.2. The molecule has 1 aromatic carbocycles. The number of carboxylic acids is 1. The number of hydrogen-bond donors (Lipinski definition) is 3. The van der Waals surface area contributed by atoms with E-state index in [4.69, 9.17) is 4.74 Å². The van der Waals surface area contributed by atoms with Crippen molar-refractivity contribution in [1.82, 2.24) is 5.32 Å². The standard InChI is InChI=1S/C15H19NO5/c17-12-5-3-10(4-6-12)8-13(15(19)20)16-14(18)11-2-1-7-21-9-11/h3-6,11,13,17H,1-2,7-9H2,(H,16,18)(H,19,20)/t11?,13-/m0/s1. The second-order valence-corrected chi connectivity index (χ2v) is 5.18. The maximum Gasteiger partial charge on any atom is 0.326 e. The largest absolute Gasteiger partial charge is 0.508 e. The highest BCUT2D eigenvalue weighted by Gasteiger charge is 2.27. The number of rotatable bonds is 5. The summed E-state index contributed by atoms with van der Waals surface area (Å²) >= 11 is 0. The molecule has 0 spiro atoms. The van der Waals surface area contributed by atoms with Gasteiger partial charge in [0.15, 0.2) is 0 Å². The first kappa shape index (κ1) is 15.3. The van der Waals surface area contributed by atoms with Gasteiger partial charge in [-0.25, -0.2) is 4.79 Å². The minimum absolute atomic E-state index is 0.119. The van der Waals surface area contributed by atoms with Crippen molar-refractivity contribution in [2.45, 2.75) is 25.3 Å². The van der Waals surface area contributed by atoms with Crippen LogP contribution in [0.15, 0.2) is 24.3 Å². The van der Waals surface area contributed by atoms with E-state index in [2.05, 4.69) is 5.32 Å². The van der Waals surface area contributed by atoms with E-state index < -0.39 is 12.0 Å². The SMILES string of the molecule is O=C(N[C@@H](Cc1ccc(O)cc1)C(=O)O)C1CCCOC1. The first-order chi connectivity index (χ1) is 10.1. The van der Waals surface area contributed by atoms with Crippen molar-refractivity contribution in [2.24, 2.45) is 5.92 Å². The van der Waals surface area contributed by atoms with Gasteiger partial charge >= 0.3 is 5.97 Å². The van der Waals surface area contributed by atoms with Crippen molar-refractivity contribution < 1.29 is 24.5 Å². The Labute approximate surface area is 122 Å². The molecule has 0 aliphatic carbocycles. The van der Waals surface area contributed by atoms with Gasteiger partial charge in [-0.3, -0.25) is 4.79 Å². The molecule has 0 aromatic heterocycles. The van der Waals surface area contributed by atoms with Gasteiger partial charge in [0.2, 0.25) is 5.91 Å². The van der Waals surface area contributed by atoms with Crippen LogP contribution in [0.1, 0.15) is 18.4 Å². The van der Waals surface area contributed by atoms with Gasteiger partial charge in [0, 0.05) is 13.0 Å². The molecule has 1 aliphatic rings. The van der Waals surface area contributed by atoms with Crippen molar-refractivity contribution in [3.8, 4) is 5.75 Å². The summed E-state index contributed by atoms with van der Waals surface area (Å²) in [6.07, 6.45) is 1.71. The number of nitrogens with one attached hydrogen (secondary N) is 1. The Kier molecular flexibility index (Phi) is 5.16. The van der Waals surface area contributed by atoms with E-state index in [0.717, 1.165) is 18.4 Å². The Hall–Kier alpha value is -2.08. The van der Waals surface area contributed by atoms with Gasteiger partial charge in [0.1, 0.15) is 11.8 Å². The minimum atomic E-state index is -1.08. The maximum atomic E-state index is 12.1. The molecule has 6 heteroatoms. The Morgan fingerprint density at radius 3 is 2.62 bits per heavy atom. The van der Waals surface area contributed by atoms with E-state index in [-0.39, 0.29) is 24.0 Å². The number of hydrogen-bond acceptors (Lipinski definition) is 4.